The Kier molecular flexibility index (Phi) is 5.97. The molecule has 1 aliphatic rings. The van der Waals surface area contributed by atoms with Crippen LogP contribution >= 0.6 is 0 Å². The molecule has 3 aromatic rings. The third-order valence-electron chi connectivity index (χ3n) is 5.34. The number of benzene rings is 2. The third kappa shape index (κ3) is 4.45. The monoisotopic (exact) mass is 405 g/mol. The Labute approximate surface area is 176 Å². The zero-order chi connectivity index (χ0) is 20.9. The molecule has 0 saturated carbocycles. The predicted molar refractivity (Wildman–Crippen MR) is 117 cm³/mol. The second-order valence-electron chi connectivity index (χ2n) is 7.61. The zero-order valence-corrected chi connectivity index (χ0v) is 17.5. The normalized spacial score (nSPS) is 13.3. The van der Waals surface area contributed by atoms with E-state index in [4.69, 9.17) is 4.74 Å². The summed E-state index contributed by atoms with van der Waals surface area (Å²) in [7, 11) is 1.62. The molecule has 0 fully saturated rings. The first-order valence-corrected chi connectivity index (χ1v) is 10.3. The van der Waals surface area contributed by atoms with Crippen molar-refractivity contribution in [2.75, 3.05) is 17.3 Å². The Morgan fingerprint density at radius 2 is 1.97 bits per heavy atom. The molecule has 0 spiro atoms. The Balaban J connectivity index is 1.64. The van der Waals surface area contributed by atoms with Crippen molar-refractivity contribution in [2.24, 2.45) is 0 Å². The van der Waals surface area contributed by atoms with Gasteiger partial charge in [0.1, 0.15) is 11.6 Å². The van der Waals surface area contributed by atoms with E-state index in [1.165, 1.54) is 6.42 Å². The highest BCUT2D eigenvalue weighted by atomic mass is 16.5. The van der Waals surface area contributed by atoms with Crippen molar-refractivity contribution in [3.63, 3.8) is 0 Å². The SMILES string of the molecule is COc1ccc(NC(=O)N(Cc2cccc(C)c2)c2nnc3n2CCCCC3)cc1. The highest BCUT2D eigenvalue weighted by Gasteiger charge is 2.25. The van der Waals surface area contributed by atoms with Gasteiger partial charge in [0.25, 0.3) is 0 Å². The molecule has 2 aromatic carbocycles. The Bertz CT molecular complexity index is 1010. The second kappa shape index (κ2) is 8.98. The first kappa shape index (κ1) is 19.9. The summed E-state index contributed by atoms with van der Waals surface area (Å²) in [6.07, 6.45) is 4.23. The fraction of sp³-hybridized carbons (Fsp3) is 0.348. The first-order valence-electron chi connectivity index (χ1n) is 10.3. The highest BCUT2D eigenvalue weighted by molar-refractivity contribution is 6.00. The molecular formula is C23H27N5O2. The van der Waals surface area contributed by atoms with Crippen LogP contribution in [0.2, 0.25) is 0 Å². The van der Waals surface area contributed by atoms with E-state index in [1.807, 2.05) is 49.4 Å². The van der Waals surface area contributed by atoms with E-state index in [1.54, 1.807) is 12.0 Å². The maximum absolute atomic E-state index is 13.3. The molecule has 0 unspecified atom stereocenters. The van der Waals surface area contributed by atoms with Crippen molar-refractivity contribution in [1.29, 1.82) is 0 Å². The molecule has 30 heavy (non-hydrogen) atoms. The summed E-state index contributed by atoms with van der Waals surface area (Å²) in [5.41, 5.74) is 2.90. The number of fused-ring (bicyclic) bond motifs is 1. The minimum atomic E-state index is -0.235. The van der Waals surface area contributed by atoms with Gasteiger partial charge in [0, 0.05) is 18.7 Å². The number of methoxy groups -OCH3 is 1. The average molecular weight is 406 g/mol. The predicted octanol–water partition coefficient (Wildman–Crippen LogP) is 4.56. The maximum atomic E-state index is 13.3. The molecule has 2 amide bonds. The molecular weight excluding hydrogens is 378 g/mol. The van der Waals surface area contributed by atoms with E-state index >= 15 is 0 Å². The molecule has 2 heterocycles. The lowest BCUT2D eigenvalue weighted by molar-refractivity contribution is 0.256. The van der Waals surface area contributed by atoms with Gasteiger partial charge >= 0.3 is 6.03 Å². The van der Waals surface area contributed by atoms with Gasteiger partial charge < -0.3 is 10.1 Å². The molecule has 1 N–H and O–H groups in total. The van der Waals surface area contributed by atoms with Crippen molar-refractivity contribution in [2.45, 2.75) is 45.7 Å². The van der Waals surface area contributed by atoms with Crippen LogP contribution in [0.3, 0.4) is 0 Å². The van der Waals surface area contributed by atoms with Crippen LogP contribution < -0.4 is 15.0 Å². The Morgan fingerprint density at radius 3 is 2.73 bits per heavy atom. The average Bonchev–Trinajstić information content (AvgIpc) is 2.99. The van der Waals surface area contributed by atoms with Gasteiger partial charge in [-0.3, -0.25) is 9.47 Å². The van der Waals surface area contributed by atoms with Crippen molar-refractivity contribution >= 4 is 17.7 Å². The number of amides is 2. The molecule has 1 aliphatic heterocycles. The summed E-state index contributed by atoms with van der Waals surface area (Å²) >= 11 is 0. The van der Waals surface area contributed by atoms with Crippen molar-refractivity contribution in [3.8, 4) is 5.75 Å². The molecule has 7 nitrogen and oxygen atoms in total. The summed E-state index contributed by atoms with van der Waals surface area (Å²) < 4.78 is 7.29. The number of ether oxygens (including phenoxy) is 1. The lowest BCUT2D eigenvalue weighted by Gasteiger charge is -2.23. The number of rotatable bonds is 5. The number of anilines is 2. The number of carbonyl (C=O) groups is 1. The van der Waals surface area contributed by atoms with Crippen LogP contribution in [0.25, 0.3) is 0 Å². The van der Waals surface area contributed by atoms with E-state index in [-0.39, 0.29) is 6.03 Å². The van der Waals surface area contributed by atoms with Crippen LogP contribution in [0.15, 0.2) is 48.5 Å². The van der Waals surface area contributed by atoms with Crippen LogP contribution in [0, 0.1) is 6.92 Å². The standard InChI is InChI=1S/C23H27N5O2/c1-17-7-6-8-18(15-17)16-28(22-26-25-21-9-4-3-5-14-27(21)22)23(29)24-19-10-12-20(30-2)13-11-19/h6-8,10-13,15H,3-5,9,14,16H2,1-2H3,(H,24,29). The molecule has 7 heteroatoms. The van der Waals surface area contributed by atoms with Crippen LogP contribution in [-0.2, 0) is 19.5 Å². The number of aromatic nitrogens is 3. The smallest absolute Gasteiger partial charge is 0.329 e. The molecule has 0 saturated heterocycles. The highest BCUT2D eigenvalue weighted by Crippen LogP contribution is 2.23. The minimum Gasteiger partial charge on any atom is -0.497 e. The van der Waals surface area contributed by atoms with Gasteiger partial charge in [-0.1, -0.05) is 36.2 Å². The molecule has 4 rings (SSSR count). The maximum Gasteiger partial charge on any atom is 0.329 e. The number of nitrogens with zero attached hydrogens (tertiary/aromatic N) is 4. The van der Waals surface area contributed by atoms with Crippen molar-refractivity contribution in [3.05, 3.63) is 65.5 Å². The Morgan fingerprint density at radius 1 is 1.13 bits per heavy atom. The third-order valence-corrected chi connectivity index (χ3v) is 5.34. The number of hydrogen-bond donors (Lipinski definition) is 1. The number of hydrogen-bond acceptors (Lipinski definition) is 4. The van der Waals surface area contributed by atoms with Gasteiger partial charge in [0.2, 0.25) is 5.95 Å². The van der Waals surface area contributed by atoms with Gasteiger partial charge in [0.05, 0.1) is 13.7 Å². The molecule has 1 aromatic heterocycles. The molecule has 0 atom stereocenters. The Hall–Kier alpha value is -3.35. The number of urea groups is 1. The topological polar surface area (TPSA) is 72.3 Å². The summed E-state index contributed by atoms with van der Waals surface area (Å²) in [6.45, 7) is 3.30. The van der Waals surface area contributed by atoms with Crippen LogP contribution in [-0.4, -0.2) is 27.9 Å². The molecule has 0 aliphatic carbocycles. The summed E-state index contributed by atoms with van der Waals surface area (Å²) in [4.78, 5) is 15.0. The summed E-state index contributed by atoms with van der Waals surface area (Å²) in [6, 6.07) is 15.2. The molecule has 156 valence electrons. The van der Waals surface area contributed by atoms with Gasteiger partial charge in [-0.2, -0.15) is 0 Å². The quantitative estimate of drug-likeness (QED) is 0.675. The molecule has 0 radical (unpaired) electrons. The first-order chi connectivity index (χ1) is 14.6. The van der Waals surface area contributed by atoms with Gasteiger partial charge in [-0.15, -0.1) is 10.2 Å². The van der Waals surface area contributed by atoms with Crippen LogP contribution in [0.4, 0.5) is 16.4 Å². The van der Waals surface area contributed by atoms with E-state index in [2.05, 4.69) is 26.1 Å². The zero-order valence-electron chi connectivity index (χ0n) is 17.5. The lowest BCUT2D eigenvalue weighted by atomic mass is 10.1. The van der Waals surface area contributed by atoms with E-state index in [9.17, 15) is 4.79 Å². The fourth-order valence-electron chi connectivity index (χ4n) is 3.76. The summed E-state index contributed by atoms with van der Waals surface area (Å²) in [5.74, 6) is 2.29. The second-order valence-corrected chi connectivity index (χ2v) is 7.61. The van der Waals surface area contributed by atoms with Gasteiger partial charge in [-0.25, -0.2) is 4.79 Å². The lowest BCUT2D eigenvalue weighted by Crippen LogP contribution is -2.36. The largest absolute Gasteiger partial charge is 0.497 e. The van der Waals surface area contributed by atoms with Crippen LogP contribution in [0.5, 0.6) is 5.75 Å². The number of nitrogens with one attached hydrogen (secondary N) is 1. The van der Waals surface area contributed by atoms with Gasteiger partial charge in [-0.05, 0) is 49.6 Å². The van der Waals surface area contributed by atoms with Crippen molar-refractivity contribution in [1.82, 2.24) is 14.8 Å². The fourth-order valence-corrected chi connectivity index (χ4v) is 3.76. The van der Waals surface area contributed by atoms with E-state index < -0.39 is 0 Å². The minimum absolute atomic E-state index is 0.235. The van der Waals surface area contributed by atoms with E-state index in [0.717, 1.165) is 48.5 Å². The van der Waals surface area contributed by atoms with Crippen LogP contribution in [0.1, 0.15) is 36.2 Å². The van der Waals surface area contributed by atoms with Crippen molar-refractivity contribution < 1.29 is 9.53 Å². The number of carbonyl (C=O) groups excluding carboxylic acids is 1. The number of aryl methyl sites for hydroxylation is 2. The van der Waals surface area contributed by atoms with Gasteiger partial charge in [0.15, 0.2) is 0 Å². The summed E-state index contributed by atoms with van der Waals surface area (Å²) in [5, 5.41) is 11.8. The van der Waals surface area contributed by atoms with E-state index in [0.29, 0.717) is 18.2 Å². The molecule has 0 bridgehead atoms.